The van der Waals surface area contributed by atoms with Gasteiger partial charge in [0.1, 0.15) is 11.4 Å². The van der Waals surface area contributed by atoms with Gasteiger partial charge < -0.3 is 21.3 Å². The Morgan fingerprint density at radius 1 is 0.531 bits per heavy atom. The molecule has 0 fully saturated rings. The van der Waals surface area contributed by atoms with Gasteiger partial charge in [-0.1, -0.05) is 73.4 Å². The molecule has 2 unspecified atom stereocenters. The predicted octanol–water partition coefficient (Wildman–Crippen LogP) is 11.5. The molecule has 0 bridgehead atoms. The van der Waals surface area contributed by atoms with Gasteiger partial charge in [-0.2, -0.15) is 20.5 Å². The maximum atomic E-state index is 13.7. The van der Waals surface area contributed by atoms with Gasteiger partial charge in [-0.25, -0.2) is 0 Å². The second kappa shape index (κ2) is 22.9. The Morgan fingerprint density at radius 3 is 1.33 bits per heavy atom. The fourth-order valence-corrected chi connectivity index (χ4v) is 6.98. The molecule has 0 saturated carbocycles. The number of nitrogens with zero attached hydrogens (tertiary/aromatic N) is 4. The van der Waals surface area contributed by atoms with Crippen LogP contribution in [-0.2, 0) is 43.8 Å². The molecule has 0 saturated heterocycles. The molecule has 4 N–H and O–H groups in total. The van der Waals surface area contributed by atoms with E-state index in [2.05, 4.69) is 41.7 Å². The number of Topliss-reactive ketones (excluding diaryl/α,β-unsaturated/α-hetero) is 2. The fourth-order valence-electron chi connectivity index (χ4n) is 6.20. The van der Waals surface area contributed by atoms with Gasteiger partial charge in [0.25, 0.3) is 23.6 Å². The Labute approximate surface area is 389 Å². The molecule has 0 heterocycles. The minimum atomic E-state index is -1.59. The number of benzene rings is 5. The number of para-hydroxylation sites is 2. The lowest BCUT2D eigenvalue weighted by molar-refractivity contribution is -0.127. The molecule has 0 aliphatic carbocycles. The van der Waals surface area contributed by atoms with E-state index in [1.807, 2.05) is 13.8 Å². The number of carbonyl (C=O) groups is 6. The summed E-state index contributed by atoms with van der Waals surface area (Å²) in [7, 11) is 0. The summed E-state index contributed by atoms with van der Waals surface area (Å²) in [5, 5.41) is 27.6. The first-order valence-electron chi connectivity index (χ1n) is 19.8. The van der Waals surface area contributed by atoms with E-state index in [-0.39, 0.29) is 44.3 Å². The van der Waals surface area contributed by atoms with Crippen LogP contribution in [-0.4, -0.2) is 47.3 Å². The van der Waals surface area contributed by atoms with Gasteiger partial charge in [-0.15, -0.1) is 23.2 Å². The molecule has 18 heteroatoms. The molecule has 0 aliphatic heterocycles. The zero-order valence-corrected chi connectivity index (χ0v) is 38.0. The second-order valence-corrected chi connectivity index (χ2v) is 15.5. The van der Waals surface area contributed by atoms with Crippen molar-refractivity contribution in [1.29, 1.82) is 0 Å². The molecule has 0 radical (unpaired) electrons. The van der Waals surface area contributed by atoms with Crippen LogP contribution < -0.4 is 21.3 Å². The highest BCUT2D eigenvalue weighted by Crippen LogP contribution is 2.31. The Morgan fingerprint density at radius 2 is 0.938 bits per heavy atom. The van der Waals surface area contributed by atoms with Gasteiger partial charge in [-0.3, -0.25) is 28.8 Å². The van der Waals surface area contributed by atoms with Crippen molar-refractivity contribution in [2.45, 2.75) is 64.4 Å². The summed E-state index contributed by atoms with van der Waals surface area (Å²) in [6.07, 6.45) is 0.766. The van der Waals surface area contributed by atoms with Crippen LogP contribution in [0.3, 0.4) is 0 Å². The lowest BCUT2D eigenvalue weighted by Crippen LogP contribution is -2.33. The van der Waals surface area contributed by atoms with Crippen molar-refractivity contribution in [3.8, 4) is 0 Å². The maximum Gasteiger partial charge on any atom is 0.258 e. The summed E-state index contributed by atoms with van der Waals surface area (Å²) in [6, 6.07) is 22.8. The van der Waals surface area contributed by atoms with Gasteiger partial charge in [0.2, 0.25) is 12.1 Å². The van der Waals surface area contributed by atoms with E-state index in [1.165, 1.54) is 50.2 Å². The van der Waals surface area contributed by atoms with E-state index in [4.69, 9.17) is 46.4 Å². The average molecular weight is 945 g/mol. The molecule has 5 aromatic rings. The van der Waals surface area contributed by atoms with Crippen molar-refractivity contribution in [3.63, 3.8) is 0 Å². The van der Waals surface area contributed by atoms with Crippen LogP contribution in [0.2, 0.25) is 10.0 Å². The highest BCUT2D eigenvalue weighted by molar-refractivity contribution is 6.33. The van der Waals surface area contributed by atoms with Crippen molar-refractivity contribution < 1.29 is 28.8 Å². The van der Waals surface area contributed by atoms with Crippen molar-refractivity contribution in [2.24, 2.45) is 20.5 Å². The molecule has 0 aliphatic rings. The molecule has 0 aromatic heterocycles. The number of ketones is 2. The summed E-state index contributed by atoms with van der Waals surface area (Å²) in [5.41, 5.74) is 4.88. The van der Waals surface area contributed by atoms with E-state index in [9.17, 15) is 28.8 Å². The van der Waals surface area contributed by atoms with E-state index in [1.54, 1.807) is 60.7 Å². The van der Waals surface area contributed by atoms with Crippen molar-refractivity contribution in [3.05, 3.63) is 140 Å². The van der Waals surface area contributed by atoms with Gasteiger partial charge >= 0.3 is 0 Å². The third-order valence-corrected chi connectivity index (χ3v) is 10.9. The topological polar surface area (TPSA) is 200 Å². The van der Waals surface area contributed by atoms with Crippen molar-refractivity contribution in [1.82, 2.24) is 0 Å². The smallest absolute Gasteiger partial charge is 0.258 e. The first-order valence-corrected chi connectivity index (χ1v) is 21.6. The standard InChI is InChI=1S/C46H42Cl4N8O6/c1-5-27-19-33(51-45(63)40(25(3)59)57-55-38-21-29(15-17-34(38)49)43(61)52-36-13-9-7-11-31(36)23-47)20-28(6-2)42(27)54-46(64)41(26(4)60)58-56-39-22-30(16-18-35(39)50)44(62)53-37-14-10-8-12-32(37)24-48/h7-22,40-41H,5-6,23-24H2,1-4H3,(H,51,63)(H,52,61)(H,53,62)(H,54,64). The zero-order valence-electron chi connectivity index (χ0n) is 35.0. The minimum Gasteiger partial charge on any atom is -0.324 e. The van der Waals surface area contributed by atoms with Gasteiger partial charge in [0, 0.05) is 45.6 Å². The quantitative estimate of drug-likeness (QED) is 0.0382. The van der Waals surface area contributed by atoms with Gasteiger partial charge in [0.15, 0.2) is 11.6 Å². The number of anilines is 4. The molecule has 0 spiro atoms. The van der Waals surface area contributed by atoms with Gasteiger partial charge in [-0.05, 0) is 110 Å². The average Bonchev–Trinajstić information content (AvgIpc) is 3.27. The number of carbonyl (C=O) groups excluding carboxylic acids is 6. The number of aryl methyl sites for hydroxylation is 2. The summed E-state index contributed by atoms with van der Waals surface area (Å²) in [5.74, 6) is -3.37. The Bertz CT molecular complexity index is 2650. The maximum absolute atomic E-state index is 13.7. The lowest BCUT2D eigenvalue weighted by Gasteiger charge is -2.19. The zero-order chi connectivity index (χ0) is 46.5. The summed E-state index contributed by atoms with van der Waals surface area (Å²) in [6.45, 7) is 6.04. The third-order valence-electron chi connectivity index (χ3n) is 9.64. The highest BCUT2D eigenvalue weighted by Gasteiger charge is 2.27. The largest absolute Gasteiger partial charge is 0.324 e. The minimum absolute atomic E-state index is 0.0494. The van der Waals surface area contributed by atoms with E-state index in [0.29, 0.717) is 46.7 Å². The molecule has 4 amide bonds. The number of halogens is 4. The Hall–Kier alpha value is -6.32. The molecule has 2 atom stereocenters. The lowest BCUT2D eigenvalue weighted by atomic mass is 10.0. The first kappa shape index (κ1) is 48.7. The van der Waals surface area contributed by atoms with Crippen LogP contribution in [0.5, 0.6) is 0 Å². The Kier molecular flexibility index (Phi) is 17.4. The van der Waals surface area contributed by atoms with Crippen LogP contribution in [0.25, 0.3) is 0 Å². The molecule has 330 valence electrons. The van der Waals surface area contributed by atoms with Crippen LogP contribution in [0.15, 0.2) is 118 Å². The molecule has 64 heavy (non-hydrogen) atoms. The first-order chi connectivity index (χ1) is 30.7. The number of nitrogens with one attached hydrogen (secondary N) is 4. The van der Waals surface area contributed by atoms with Crippen LogP contribution in [0.1, 0.15) is 70.7 Å². The monoisotopic (exact) mass is 942 g/mol. The molecule has 5 aromatic carbocycles. The number of rotatable bonds is 18. The van der Waals surface area contributed by atoms with Crippen LogP contribution >= 0.6 is 46.4 Å². The van der Waals surface area contributed by atoms with Crippen molar-refractivity contribution >= 4 is 116 Å². The predicted molar refractivity (Wildman–Crippen MR) is 251 cm³/mol. The second-order valence-electron chi connectivity index (χ2n) is 14.1. The van der Waals surface area contributed by atoms with E-state index < -0.39 is 47.3 Å². The Balaban J connectivity index is 1.31. The third kappa shape index (κ3) is 12.4. The molecule has 5 rings (SSSR count). The van der Waals surface area contributed by atoms with Crippen LogP contribution in [0.4, 0.5) is 34.1 Å². The SMILES string of the molecule is CCc1cc(NC(=O)C(N=Nc2cc(C(=O)Nc3ccccc3CCl)ccc2Cl)C(C)=O)cc(CC)c1NC(=O)C(N=Nc1cc(C(=O)Nc2ccccc2CCl)ccc1Cl)C(C)=O. The molecule has 14 nitrogen and oxygen atoms in total. The summed E-state index contributed by atoms with van der Waals surface area (Å²) < 4.78 is 0. The highest BCUT2D eigenvalue weighted by atomic mass is 35.5. The number of azo groups is 2. The molecular weight excluding hydrogens is 902 g/mol. The summed E-state index contributed by atoms with van der Waals surface area (Å²) >= 11 is 24.8. The van der Waals surface area contributed by atoms with E-state index >= 15 is 0 Å². The number of hydrogen-bond acceptors (Lipinski definition) is 10. The fraction of sp³-hybridized carbons (Fsp3) is 0.217. The van der Waals surface area contributed by atoms with Crippen LogP contribution in [0, 0.1) is 0 Å². The number of hydrogen-bond donors (Lipinski definition) is 4. The van der Waals surface area contributed by atoms with E-state index in [0.717, 1.165) is 11.1 Å². The number of alkyl halides is 2. The normalized spacial score (nSPS) is 12.1. The summed E-state index contributed by atoms with van der Waals surface area (Å²) in [4.78, 5) is 78.9. The van der Waals surface area contributed by atoms with Gasteiger partial charge in [0.05, 0.1) is 10.0 Å². The van der Waals surface area contributed by atoms with Crippen molar-refractivity contribution in [2.75, 3.05) is 21.3 Å². The molecular formula is C46H42Cl4N8O6. The number of amides is 4.